The number of aromatic nitrogens is 1. The number of aliphatic hydroxyl groups excluding tert-OH is 1. The van der Waals surface area contributed by atoms with Gasteiger partial charge in [0.25, 0.3) is 11.8 Å². The molecule has 34 heavy (non-hydrogen) atoms. The average Bonchev–Trinajstić information content (AvgIpc) is 3.36. The molecule has 0 aliphatic carbocycles. The van der Waals surface area contributed by atoms with E-state index in [4.69, 9.17) is 20.9 Å². The van der Waals surface area contributed by atoms with E-state index in [1.807, 2.05) is 25.1 Å². The zero-order valence-electron chi connectivity index (χ0n) is 19.2. The van der Waals surface area contributed by atoms with Crippen LogP contribution in [-0.2, 0) is 11.3 Å². The second-order valence-corrected chi connectivity index (χ2v) is 7.22. The van der Waals surface area contributed by atoms with Crippen molar-refractivity contribution in [3.63, 3.8) is 0 Å². The van der Waals surface area contributed by atoms with Crippen molar-refractivity contribution >= 4 is 23.7 Å². The molecule has 1 aromatic carbocycles. The van der Waals surface area contributed by atoms with Gasteiger partial charge in [0.15, 0.2) is 0 Å². The molecule has 2 aromatic rings. The van der Waals surface area contributed by atoms with Crippen LogP contribution >= 0.6 is 11.6 Å². The summed E-state index contributed by atoms with van der Waals surface area (Å²) in [5, 5.41) is 13.7. The second kappa shape index (κ2) is 13.7. The van der Waals surface area contributed by atoms with E-state index >= 15 is 0 Å². The smallest absolute Gasteiger partial charge is 0.261 e. The van der Waals surface area contributed by atoms with E-state index in [-0.39, 0.29) is 11.5 Å². The van der Waals surface area contributed by atoms with Crippen LogP contribution in [0, 0.1) is 0 Å². The molecule has 1 unspecified atom stereocenters. The minimum absolute atomic E-state index is 0.115. The van der Waals surface area contributed by atoms with Crippen molar-refractivity contribution in [3.8, 4) is 5.88 Å². The lowest BCUT2D eigenvalue weighted by Crippen LogP contribution is -2.49. The minimum Gasteiger partial charge on any atom is -0.515 e. The normalized spacial score (nSPS) is 17.4. The van der Waals surface area contributed by atoms with Gasteiger partial charge in [-0.25, -0.2) is 4.99 Å². The van der Waals surface area contributed by atoms with Crippen LogP contribution in [0.15, 0.2) is 94.2 Å². The molecular formula is C24H28ClN5O4. The highest BCUT2D eigenvalue weighted by atomic mass is 35.5. The Morgan fingerprint density at radius 1 is 1.32 bits per heavy atom. The minimum atomic E-state index is -0.604. The van der Waals surface area contributed by atoms with Crippen molar-refractivity contribution in [1.82, 2.24) is 15.0 Å². The van der Waals surface area contributed by atoms with Crippen molar-refractivity contribution in [2.24, 2.45) is 10.7 Å². The quantitative estimate of drug-likeness (QED) is 0.329. The predicted molar refractivity (Wildman–Crippen MR) is 132 cm³/mol. The van der Waals surface area contributed by atoms with Gasteiger partial charge >= 0.3 is 0 Å². The van der Waals surface area contributed by atoms with Crippen LogP contribution in [0.1, 0.15) is 12.5 Å². The molecule has 0 spiro atoms. The number of aliphatic hydroxyl groups is 1. The van der Waals surface area contributed by atoms with Crippen LogP contribution in [0.2, 0.25) is 5.02 Å². The van der Waals surface area contributed by atoms with Gasteiger partial charge in [-0.05, 0) is 55.1 Å². The summed E-state index contributed by atoms with van der Waals surface area (Å²) in [4.78, 5) is 20.6. The van der Waals surface area contributed by atoms with E-state index in [1.54, 1.807) is 59.5 Å². The zero-order valence-corrected chi connectivity index (χ0v) is 20.0. The number of aliphatic imine (C=N–C) groups is 1. The molecular weight excluding hydrogens is 458 g/mol. The van der Waals surface area contributed by atoms with E-state index in [9.17, 15) is 9.90 Å². The Balaban J connectivity index is 0.00000199. The molecule has 10 heteroatoms. The van der Waals surface area contributed by atoms with Crippen molar-refractivity contribution in [2.75, 3.05) is 14.1 Å². The molecule has 9 nitrogen and oxygen atoms in total. The standard InChI is InChI=1S/C23H23ClN4O4.CH5N/c1-3-5-20(32-21-11-13-31-26-21)6-4-12-27(2)23-25-14-18(16-29)22(30)28(23)15-17-7-9-19(24)10-8-17;1-2/h3-14,16,23,29H,15H2,1-2H3;2H2,1H3/b5-3-,12-4+,18-16+,20-6+;. The number of rotatable bonds is 8. The van der Waals surface area contributed by atoms with Crippen LogP contribution in [-0.4, -0.2) is 52.6 Å². The van der Waals surface area contributed by atoms with Gasteiger partial charge in [0, 0.05) is 37.1 Å². The van der Waals surface area contributed by atoms with Gasteiger partial charge in [0.05, 0.1) is 11.8 Å². The number of halogens is 1. The highest BCUT2D eigenvalue weighted by molar-refractivity contribution is 6.30. The summed E-state index contributed by atoms with van der Waals surface area (Å²) >= 11 is 5.96. The summed E-state index contributed by atoms with van der Waals surface area (Å²) in [6.45, 7) is 2.17. The molecule has 180 valence electrons. The van der Waals surface area contributed by atoms with E-state index in [0.717, 1.165) is 11.8 Å². The molecule has 0 fully saturated rings. The third-order valence-corrected chi connectivity index (χ3v) is 4.70. The van der Waals surface area contributed by atoms with Crippen molar-refractivity contribution in [1.29, 1.82) is 0 Å². The summed E-state index contributed by atoms with van der Waals surface area (Å²) in [6.07, 6.45) is 11.9. The maximum Gasteiger partial charge on any atom is 0.261 e. The number of hydrogen-bond donors (Lipinski definition) is 2. The summed E-state index contributed by atoms with van der Waals surface area (Å²) in [5.74, 6) is 0.566. The summed E-state index contributed by atoms with van der Waals surface area (Å²) in [7, 11) is 3.30. The lowest BCUT2D eigenvalue weighted by molar-refractivity contribution is -0.133. The largest absolute Gasteiger partial charge is 0.515 e. The summed E-state index contributed by atoms with van der Waals surface area (Å²) < 4.78 is 10.4. The predicted octanol–water partition coefficient (Wildman–Crippen LogP) is 4.03. The van der Waals surface area contributed by atoms with Crippen molar-refractivity contribution in [3.05, 3.63) is 95.3 Å². The Labute approximate surface area is 203 Å². The number of hydrogen-bond acceptors (Lipinski definition) is 8. The van der Waals surface area contributed by atoms with Crippen molar-refractivity contribution in [2.45, 2.75) is 19.8 Å². The molecule has 3 N–H and O–H groups in total. The highest BCUT2D eigenvalue weighted by Gasteiger charge is 2.31. The van der Waals surface area contributed by atoms with Gasteiger partial charge in [0.2, 0.25) is 6.29 Å². The number of benzene rings is 1. The Morgan fingerprint density at radius 2 is 2.06 bits per heavy atom. The molecule has 1 aliphatic rings. The molecule has 1 amide bonds. The Morgan fingerprint density at radius 3 is 2.68 bits per heavy atom. The molecule has 0 bridgehead atoms. The number of carbonyl (C=O) groups excluding carboxylic acids is 1. The SMILES string of the molecule is CN.C\C=C/C(=C\C=C\N(C)C1N=C/C(=C\O)C(=O)N1Cc1ccc(Cl)cc1)Oc1ccon1. The number of carbonyl (C=O) groups is 1. The lowest BCUT2D eigenvalue weighted by atomic mass is 10.1. The lowest BCUT2D eigenvalue weighted by Gasteiger charge is -2.37. The molecule has 1 aromatic heterocycles. The number of allylic oxidation sites excluding steroid dienone is 4. The fraction of sp³-hybridized carbons (Fsp3) is 0.208. The Kier molecular flexibility index (Phi) is 10.6. The molecule has 1 atom stereocenters. The molecule has 0 radical (unpaired) electrons. The third-order valence-electron chi connectivity index (χ3n) is 4.45. The number of nitrogens with two attached hydrogens (primary N) is 1. The van der Waals surface area contributed by atoms with Crippen LogP contribution in [0.5, 0.6) is 5.88 Å². The van der Waals surface area contributed by atoms with Crippen LogP contribution in [0.3, 0.4) is 0 Å². The number of nitrogens with zero attached hydrogens (tertiary/aromatic N) is 4. The van der Waals surface area contributed by atoms with Gasteiger partial charge in [-0.15, -0.1) is 0 Å². The highest BCUT2D eigenvalue weighted by Crippen LogP contribution is 2.20. The van der Waals surface area contributed by atoms with Crippen LogP contribution in [0.4, 0.5) is 0 Å². The molecule has 0 saturated carbocycles. The van der Waals surface area contributed by atoms with Gasteiger partial charge in [-0.1, -0.05) is 29.8 Å². The monoisotopic (exact) mass is 485 g/mol. The first kappa shape index (κ1) is 26.4. The van der Waals surface area contributed by atoms with Crippen molar-refractivity contribution < 1.29 is 19.2 Å². The maximum absolute atomic E-state index is 12.9. The Bertz CT molecular complexity index is 1060. The zero-order chi connectivity index (χ0) is 24.9. The fourth-order valence-corrected chi connectivity index (χ4v) is 3.05. The number of amides is 1. The maximum atomic E-state index is 12.9. The first-order valence-corrected chi connectivity index (χ1v) is 10.7. The van der Waals surface area contributed by atoms with Gasteiger partial charge in [0.1, 0.15) is 12.0 Å². The average molecular weight is 486 g/mol. The number of ether oxygens (including phenoxy) is 1. The van der Waals surface area contributed by atoms with E-state index in [0.29, 0.717) is 23.2 Å². The van der Waals surface area contributed by atoms with Gasteiger partial charge in [-0.2, -0.15) is 0 Å². The van der Waals surface area contributed by atoms with E-state index in [2.05, 4.69) is 15.9 Å². The van der Waals surface area contributed by atoms with Crippen LogP contribution < -0.4 is 10.5 Å². The molecule has 1 aliphatic heterocycles. The molecule has 2 heterocycles. The molecule has 3 rings (SSSR count). The van der Waals surface area contributed by atoms with E-state index < -0.39 is 6.29 Å². The van der Waals surface area contributed by atoms with E-state index in [1.165, 1.54) is 19.5 Å². The molecule has 0 saturated heterocycles. The van der Waals surface area contributed by atoms with Crippen LogP contribution in [0.25, 0.3) is 0 Å². The Hall–Kier alpha value is -3.82. The first-order chi connectivity index (χ1) is 16.5. The summed E-state index contributed by atoms with van der Waals surface area (Å²) in [6, 6.07) is 8.82. The van der Waals surface area contributed by atoms with Gasteiger partial charge < -0.3 is 25.0 Å². The van der Waals surface area contributed by atoms with Gasteiger partial charge in [-0.3, -0.25) is 9.69 Å². The topological polar surface area (TPSA) is 117 Å². The summed E-state index contributed by atoms with van der Waals surface area (Å²) in [5.41, 5.74) is 5.50. The fourth-order valence-electron chi connectivity index (χ4n) is 2.92. The second-order valence-electron chi connectivity index (χ2n) is 6.78. The first-order valence-electron chi connectivity index (χ1n) is 10.3. The third kappa shape index (κ3) is 7.36.